The third kappa shape index (κ3) is 7.36. The van der Waals surface area contributed by atoms with E-state index in [1.165, 1.54) is 22.3 Å². The number of benzene rings is 2. The number of amides is 2. The van der Waals surface area contributed by atoms with Gasteiger partial charge in [-0.1, -0.05) is 42.7 Å². The van der Waals surface area contributed by atoms with Gasteiger partial charge in [0.15, 0.2) is 5.58 Å². The highest BCUT2D eigenvalue weighted by Gasteiger charge is 2.27. The lowest BCUT2D eigenvalue weighted by Crippen LogP contribution is -2.50. The Labute approximate surface area is 229 Å². The maximum atomic E-state index is 13.4. The molecule has 198 valence electrons. The van der Waals surface area contributed by atoms with E-state index in [1.54, 1.807) is 23.8 Å². The van der Waals surface area contributed by atoms with Crippen LogP contribution in [0.2, 0.25) is 0 Å². The first-order chi connectivity index (χ1) is 19.0. The van der Waals surface area contributed by atoms with Crippen molar-refractivity contribution in [2.24, 2.45) is 0 Å². The summed E-state index contributed by atoms with van der Waals surface area (Å²) in [5.74, 6) is 2.03. The normalized spacial score (nSPS) is 12.1. The molecule has 0 bridgehead atoms. The van der Waals surface area contributed by atoms with Crippen LogP contribution in [-0.2, 0) is 17.8 Å². The van der Waals surface area contributed by atoms with Crippen LogP contribution in [0.1, 0.15) is 20.8 Å². The zero-order valence-corrected chi connectivity index (χ0v) is 21.6. The van der Waals surface area contributed by atoms with Crippen molar-refractivity contribution in [2.75, 3.05) is 18.4 Å². The van der Waals surface area contributed by atoms with Crippen molar-refractivity contribution >= 4 is 40.5 Å². The van der Waals surface area contributed by atoms with Gasteiger partial charge in [-0.15, -0.1) is 17.8 Å². The lowest BCUT2D eigenvalue weighted by molar-refractivity contribution is 0.0553. The Hall–Kier alpha value is -4.84. The Morgan fingerprint density at radius 3 is 2.74 bits per heavy atom. The first kappa shape index (κ1) is 27.2. The summed E-state index contributed by atoms with van der Waals surface area (Å²) in [5.41, 5.74) is 3.67. The predicted octanol–water partition coefficient (Wildman–Crippen LogP) is 3.26. The molecule has 0 aliphatic carbocycles. The van der Waals surface area contributed by atoms with Gasteiger partial charge in [0, 0.05) is 24.3 Å². The smallest absolute Gasteiger partial charge is 0.407 e. The SMILES string of the molecule is C#CCN(C[C@@H](O)[C@H](Cc1ccccc1)NC(=O)OCc1cncs1)C(=O)c1ccc2nc(NC#C)oc2c1. The zero-order valence-electron chi connectivity index (χ0n) is 20.7. The van der Waals surface area contributed by atoms with Gasteiger partial charge in [-0.2, -0.15) is 4.98 Å². The van der Waals surface area contributed by atoms with Crippen LogP contribution in [0.3, 0.4) is 0 Å². The maximum Gasteiger partial charge on any atom is 0.407 e. The van der Waals surface area contributed by atoms with Crippen molar-refractivity contribution in [1.29, 1.82) is 0 Å². The molecule has 2 atom stereocenters. The fourth-order valence-corrected chi connectivity index (χ4v) is 4.34. The van der Waals surface area contributed by atoms with Crippen LogP contribution in [0.15, 0.2) is 64.7 Å². The molecule has 0 saturated heterocycles. The minimum atomic E-state index is -1.17. The number of oxazole rings is 1. The summed E-state index contributed by atoms with van der Waals surface area (Å²) in [6.45, 7) is -0.162. The van der Waals surface area contributed by atoms with Gasteiger partial charge < -0.3 is 24.5 Å². The number of nitrogens with zero attached hydrogens (tertiary/aromatic N) is 3. The van der Waals surface area contributed by atoms with Gasteiger partial charge in [0.05, 0.1) is 29.1 Å². The quantitative estimate of drug-likeness (QED) is 0.194. The van der Waals surface area contributed by atoms with Gasteiger partial charge in [0.1, 0.15) is 12.1 Å². The monoisotopic (exact) mass is 543 g/mol. The van der Waals surface area contributed by atoms with Crippen molar-refractivity contribution in [1.82, 2.24) is 20.2 Å². The first-order valence-electron chi connectivity index (χ1n) is 11.8. The van der Waals surface area contributed by atoms with E-state index in [0.29, 0.717) is 17.5 Å². The Morgan fingerprint density at radius 1 is 1.21 bits per heavy atom. The number of nitrogens with one attached hydrogen (secondary N) is 2. The molecule has 3 N–H and O–H groups in total. The predicted molar refractivity (Wildman–Crippen MR) is 147 cm³/mol. The molecule has 0 radical (unpaired) electrons. The van der Waals surface area contributed by atoms with E-state index in [-0.39, 0.29) is 31.3 Å². The Bertz CT molecular complexity index is 1490. The molecule has 0 spiro atoms. The number of carbonyl (C=O) groups is 2. The number of terminal acetylenes is 2. The molecule has 2 amide bonds. The molecule has 0 unspecified atom stereocenters. The van der Waals surface area contributed by atoms with E-state index < -0.39 is 24.1 Å². The molecule has 10 nitrogen and oxygen atoms in total. The molecule has 2 heterocycles. The van der Waals surface area contributed by atoms with Crippen molar-refractivity contribution in [3.8, 4) is 24.8 Å². The van der Waals surface area contributed by atoms with Gasteiger partial charge in [-0.05, 0) is 30.2 Å². The number of aliphatic hydroxyl groups excluding tert-OH is 1. The summed E-state index contributed by atoms with van der Waals surface area (Å²) in [4.78, 5) is 36.2. The largest absolute Gasteiger partial charge is 0.444 e. The van der Waals surface area contributed by atoms with Gasteiger partial charge >= 0.3 is 12.1 Å². The molecule has 4 aromatic rings. The van der Waals surface area contributed by atoms with Crippen LogP contribution in [0.4, 0.5) is 10.8 Å². The summed E-state index contributed by atoms with van der Waals surface area (Å²) in [6, 6.07) is 15.7. The second kappa shape index (κ2) is 13.1. The third-order valence-electron chi connectivity index (χ3n) is 5.69. The Kier molecular flexibility index (Phi) is 9.14. The summed E-state index contributed by atoms with van der Waals surface area (Å²) >= 11 is 1.36. The summed E-state index contributed by atoms with van der Waals surface area (Å²) in [6.07, 6.45) is 10.8. The van der Waals surface area contributed by atoms with Gasteiger partial charge in [0.2, 0.25) is 0 Å². The second-order valence-corrected chi connectivity index (χ2v) is 9.38. The van der Waals surface area contributed by atoms with E-state index in [1.807, 2.05) is 30.3 Å². The number of carbonyl (C=O) groups excluding carboxylic acids is 2. The molecule has 4 rings (SSSR count). The Morgan fingerprint density at radius 2 is 2.03 bits per heavy atom. The molecule has 39 heavy (non-hydrogen) atoms. The molecule has 0 fully saturated rings. The van der Waals surface area contributed by atoms with Crippen LogP contribution < -0.4 is 10.6 Å². The molecule has 2 aromatic carbocycles. The van der Waals surface area contributed by atoms with Gasteiger partial charge in [0.25, 0.3) is 5.91 Å². The third-order valence-corrected chi connectivity index (χ3v) is 6.44. The number of aliphatic hydroxyl groups is 1. The topological polar surface area (TPSA) is 130 Å². The number of fused-ring (bicyclic) bond motifs is 1. The van der Waals surface area contributed by atoms with E-state index in [0.717, 1.165) is 10.4 Å². The number of aromatic nitrogens is 2. The fraction of sp³-hybridized carbons (Fsp3) is 0.214. The number of alkyl carbamates (subject to hydrolysis) is 1. The molecule has 0 aliphatic rings. The lowest BCUT2D eigenvalue weighted by atomic mass is 10.0. The highest BCUT2D eigenvalue weighted by Crippen LogP contribution is 2.21. The number of hydrogen-bond donors (Lipinski definition) is 3. The van der Waals surface area contributed by atoms with E-state index >= 15 is 0 Å². The van der Waals surface area contributed by atoms with Crippen LogP contribution in [-0.4, -0.2) is 57.2 Å². The Balaban J connectivity index is 1.49. The number of ether oxygens (including phenoxy) is 1. The number of thiazole rings is 1. The highest BCUT2D eigenvalue weighted by atomic mass is 32.1. The number of anilines is 1. The summed E-state index contributed by atoms with van der Waals surface area (Å²) in [5, 5.41) is 16.5. The molecule has 0 saturated carbocycles. The average Bonchev–Trinajstić information content (AvgIpc) is 3.61. The lowest BCUT2D eigenvalue weighted by Gasteiger charge is -2.29. The van der Waals surface area contributed by atoms with E-state index in [4.69, 9.17) is 22.0 Å². The maximum absolute atomic E-state index is 13.4. The van der Waals surface area contributed by atoms with Crippen LogP contribution >= 0.6 is 11.3 Å². The summed E-state index contributed by atoms with van der Waals surface area (Å²) < 4.78 is 10.8. The van der Waals surface area contributed by atoms with Crippen molar-refractivity contribution < 1.29 is 23.8 Å². The molecular weight excluding hydrogens is 518 g/mol. The highest BCUT2D eigenvalue weighted by molar-refractivity contribution is 7.09. The van der Waals surface area contributed by atoms with Crippen LogP contribution in [0.25, 0.3) is 11.1 Å². The fourth-order valence-electron chi connectivity index (χ4n) is 3.83. The summed E-state index contributed by atoms with van der Waals surface area (Å²) in [7, 11) is 0. The number of rotatable bonds is 11. The molecule has 2 aromatic heterocycles. The van der Waals surface area contributed by atoms with Gasteiger partial charge in [-0.3, -0.25) is 15.1 Å². The van der Waals surface area contributed by atoms with Crippen LogP contribution in [0, 0.1) is 24.8 Å². The van der Waals surface area contributed by atoms with E-state index in [9.17, 15) is 14.7 Å². The van der Waals surface area contributed by atoms with Crippen molar-refractivity contribution in [3.63, 3.8) is 0 Å². The minimum absolute atomic E-state index is 0.0506. The van der Waals surface area contributed by atoms with Crippen molar-refractivity contribution in [3.05, 3.63) is 76.2 Å². The first-order valence-corrected chi connectivity index (χ1v) is 12.7. The molecule has 11 heteroatoms. The average molecular weight is 544 g/mol. The molecular formula is C28H25N5O5S. The second-order valence-electron chi connectivity index (χ2n) is 8.41. The zero-order chi connectivity index (χ0) is 27.6. The van der Waals surface area contributed by atoms with Crippen molar-refractivity contribution in [2.45, 2.75) is 25.2 Å². The minimum Gasteiger partial charge on any atom is -0.444 e. The molecule has 0 aliphatic heterocycles. The van der Waals surface area contributed by atoms with Crippen LogP contribution in [0.5, 0.6) is 0 Å². The van der Waals surface area contributed by atoms with E-state index in [2.05, 4.69) is 32.6 Å². The standard InChI is InChI=1S/C28H25N5O5S/c1-3-12-33(26(35)20-10-11-22-25(14-20)38-27(31-22)30-4-2)16-24(34)23(13-19-8-6-5-7-9-19)32-28(36)37-17-21-15-29-18-39-21/h1-2,5-11,14-15,18,23-24,34H,12-13,16-17H2,(H,30,31)(H,32,36)/t23-,24+/m0/s1. The van der Waals surface area contributed by atoms with Gasteiger partial charge in [-0.25, -0.2) is 4.79 Å². The number of hydrogen-bond acceptors (Lipinski definition) is 9.